The molecule has 0 spiro atoms. The van der Waals surface area contributed by atoms with E-state index in [-0.39, 0.29) is 23.4 Å². The van der Waals surface area contributed by atoms with Crippen molar-refractivity contribution >= 4 is 17.7 Å². The number of esters is 1. The molecule has 0 heterocycles. The van der Waals surface area contributed by atoms with Crippen molar-refractivity contribution in [2.75, 3.05) is 7.05 Å². The lowest BCUT2D eigenvalue weighted by Gasteiger charge is -2.52. The van der Waals surface area contributed by atoms with Gasteiger partial charge in [0.2, 0.25) is 5.91 Å². The van der Waals surface area contributed by atoms with Crippen molar-refractivity contribution in [3.63, 3.8) is 0 Å². The van der Waals surface area contributed by atoms with Gasteiger partial charge in [-0.1, -0.05) is 87.8 Å². The van der Waals surface area contributed by atoms with Crippen molar-refractivity contribution in [2.45, 2.75) is 136 Å². The van der Waals surface area contributed by atoms with Gasteiger partial charge < -0.3 is 9.64 Å². The zero-order valence-corrected chi connectivity index (χ0v) is 27.6. The first kappa shape index (κ1) is 32.7. The number of ketones is 1. The SMILES string of the molecule is CC(=O)O[C@H]1CC[C@H]2[C@@H]3CCC4=CC(=O)CCC4=C3[C@@H](CCCCCCCCCCC(=O)N(C)Cc3ccccc3)C[C@]12C. The summed E-state index contributed by atoms with van der Waals surface area (Å²) in [6.07, 6.45) is 20.5. The number of carbonyl (C=O) groups is 3. The van der Waals surface area contributed by atoms with Gasteiger partial charge in [0.25, 0.3) is 0 Å². The Bertz CT molecular complexity index is 1230. The Balaban J connectivity index is 1.06. The van der Waals surface area contributed by atoms with E-state index < -0.39 is 0 Å². The predicted octanol–water partition coefficient (Wildman–Crippen LogP) is 8.91. The van der Waals surface area contributed by atoms with E-state index in [1.54, 1.807) is 12.5 Å². The highest BCUT2D eigenvalue weighted by atomic mass is 16.5. The molecule has 4 aliphatic carbocycles. The molecular formula is C39H55NO4. The Morgan fingerprint density at radius 2 is 1.61 bits per heavy atom. The lowest BCUT2D eigenvalue weighted by Crippen LogP contribution is -2.46. The maximum atomic E-state index is 12.5. The largest absolute Gasteiger partial charge is 0.462 e. The fraction of sp³-hybridized carbons (Fsp3) is 0.667. The third-order valence-corrected chi connectivity index (χ3v) is 11.4. The van der Waals surface area contributed by atoms with E-state index in [4.69, 9.17) is 4.74 Å². The van der Waals surface area contributed by atoms with Crippen LogP contribution in [-0.2, 0) is 25.7 Å². The number of hydrogen-bond acceptors (Lipinski definition) is 4. The fourth-order valence-electron chi connectivity index (χ4n) is 9.30. The average molecular weight is 602 g/mol. The molecule has 1 aromatic carbocycles. The molecule has 0 unspecified atom stereocenters. The minimum atomic E-state index is -0.140. The molecule has 5 rings (SSSR count). The Morgan fingerprint density at radius 3 is 2.34 bits per heavy atom. The molecule has 0 bridgehead atoms. The minimum Gasteiger partial charge on any atom is -0.462 e. The molecule has 5 atom stereocenters. The van der Waals surface area contributed by atoms with E-state index in [0.717, 1.165) is 51.4 Å². The number of hydrogen-bond donors (Lipinski definition) is 0. The first-order chi connectivity index (χ1) is 21.3. The number of rotatable bonds is 14. The number of benzene rings is 1. The molecule has 1 amide bonds. The zero-order chi connectivity index (χ0) is 31.1. The van der Waals surface area contributed by atoms with Crippen molar-refractivity contribution in [1.29, 1.82) is 0 Å². The standard InChI is InChI=1S/C39H55NO4/c1-28(41)44-36-24-23-35-34-21-19-30-25-32(42)20-22-33(30)38(34)31(26-39(35,36)2)17-13-8-6-4-5-7-9-14-18-37(43)40(3)27-29-15-11-10-12-16-29/h10-12,15-16,25,31,34-36H,4-9,13-14,17-24,26-27H2,1-3H3/t31-,34-,35-,36-,39-/m0/s1. The molecule has 2 saturated carbocycles. The van der Waals surface area contributed by atoms with E-state index in [1.807, 2.05) is 36.2 Å². The van der Waals surface area contributed by atoms with Crippen LogP contribution in [0.3, 0.4) is 0 Å². The number of ether oxygens (including phenoxy) is 1. The summed E-state index contributed by atoms with van der Waals surface area (Å²) in [5, 5.41) is 0. The molecule has 5 heteroatoms. The van der Waals surface area contributed by atoms with E-state index >= 15 is 0 Å². The topological polar surface area (TPSA) is 63.7 Å². The predicted molar refractivity (Wildman–Crippen MR) is 176 cm³/mol. The van der Waals surface area contributed by atoms with Gasteiger partial charge in [-0.05, 0) is 91.9 Å². The van der Waals surface area contributed by atoms with Crippen molar-refractivity contribution in [3.8, 4) is 0 Å². The summed E-state index contributed by atoms with van der Waals surface area (Å²) in [7, 11) is 1.91. The van der Waals surface area contributed by atoms with Crippen LogP contribution in [0.1, 0.15) is 129 Å². The Labute approximate surface area is 265 Å². The maximum absolute atomic E-state index is 12.5. The number of amides is 1. The van der Waals surface area contributed by atoms with Crippen molar-refractivity contribution in [3.05, 3.63) is 58.7 Å². The second kappa shape index (κ2) is 15.1. The molecule has 0 aromatic heterocycles. The third-order valence-electron chi connectivity index (χ3n) is 11.4. The van der Waals surface area contributed by atoms with Gasteiger partial charge >= 0.3 is 5.97 Å². The fourth-order valence-corrected chi connectivity index (χ4v) is 9.30. The molecule has 0 N–H and O–H groups in total. The van der Waals surface area contributed by atoms with Gasteiger partial charge in [-0.2, -0.15) is 0 Å². The van der Waals surface area contributed by atoms with Gasteiger partial charge in [0.15, 0.2) is 5.78 Å². The Hall–Kier alpha value is -2.69. The molecular weight excluding hydrogens is 546 g/mol. The maximum Gasteiger partial charge on any atom is 0.302 e. The number of nitrogens with zero attached hydrogens (tertiary/aromatic N) is 1. The van der Waals surface area contributed by atoms with Gasteiger partial charge in [-0.25, -0.2) is 0 Å². The van der Waals surface area contributed by atoms with Crippen LogP contribution >= 0.6 is 0 Å². The van der Waals surface area contributed by atoms with Crippen molar-refractivity contribution in [1.82, 2.24) is 4.90 Å². The van der Waals surface area contributed by atoms with Gasteiger partial charge in [0, 0.05) is 38.8 Å². The molecule has 44 heavy (non-hydrogen) atoms. The second-order valence-electron chi connectivity index (χ2n) is 14.5. The molecule has 1 aromatic rings. The van der Waals surface area contributed by atoms with Crippen LogP contribution in [0.4, 0.5) is 0 Å². The summed E-state index contributed by atoms with van der Waals surface area (Å²) in [6, 6.07) is 10.2. The Kier molecular flexibility index (Phi) is 11.2. The van der Waals surface area contributed by atoms with Gasteiger partial charge in [-0.15, -0.1) is 0 Å². The molecule has 2 fully saturated rings. The first-order valence-corrected chi connectivity index (χ1v) is 17.7. The lowest BCUT2D eigenvalue weighted by atomic mass is 9.53. The monoisotopic (exact) mass is 601 g/mol. The highest BCUT2D eigenvalue weighted by molar-refractivity contribution is 5.93. The van der Waals surface area contributed by atoms with E-state index in [9.17, 15) is 14.4 Å². The van der Waals surface area contributed by atoms with Crippen LogP contribution in [0.25, 0.3) is 0 Å². The highest BCUT2D eigenvalue weighted by Crippen LogP contribution is 2.63. The number of carbonyl (C=O) groups excluding carboxylic acids is 3. The molecule has 0 aliphatic heterocycles. The summed E-state index contributed by atoms with van der Waals surface area (Å²) < 4.78 is 5.95. The van der Waals surface area contributed by atoms with Crippen LogP contribution in [0.2, 0.25) is 0 Å². The molecule has 4 aliphatic rings. The quantitative estimate of drug-likeness (QED) is 0.158. The smallest absolute Gasteiger partial charge is 0.302 e. The number of allylic oxidation sites excluding steroid dienone is 4. The molecule has 0 radical (unpaired) electrons. The molecule has 240 valence electrons. The summed E-state index contributed by atoms with van der Waals surface area (Å²) >= 11 is 0. The summed E-state index contributed by atoms with van der Waals surface area (Å²) in [4.78, 5) is 38.6. The van der Waals surface area contributed by atoms with Crippen molar-refractivity contribution < 1.29 is 19.1 Å². The van der Waals surface area contributed by atoms with Crippen LogP contribution < -0.4 is 0 Å². The van der Waals surface area contributed by atoms with Crippen LogP contribution in [0, 0.1) is 23.2 Å². The van der Waals surface area contributed by atoms with Crippen molar-refractivity contribution in [2.24, 2.45) is 23.2 Å². The highest BCUT2D eigenvalue weighted by Gasteiger charge is 2.57. The first-order valence-electron chi connectivity index (χ1n) is 17.7. The van der Waals surface area contributed by atoms with E-state index in [0.29, 0.717) is 42.9 Å². The summed E-state index contributed by atoms with van der Waals surface area (Å²) in [6.45, 7) is 4.66. The average Bonchev–Trinajstić information content (AvgIpc) is 3.32. The Morgan fingerprint density at radius 1 is 0.909 bits per heavy atom. The van der Waals surface area contributed by atoms with Gasteiger partial charge in [0.05, 0.1) is 0 Å². The van der Waals surface area contributed by atoms with Crippen LogP contribution in [0.15, 0.2) is 53.1 Å². The normalized spacial score (nSPS) is 27.7. The van der Waals surface area contributed by atoms with Crippen LogP contribution in [-0.4, -0.2) is 35.7 Å². The minimum absolute atomic E-state index is 0.0449. The third kappa shape index (κ3) is 7.74. The number of unbranched alkanes of at least 4 members (excludes halogenated alkanes) is 7. The molecule has 5 nitrogen and oxygen atoms in total. The second-order valence-corrected chi connectivity index (χ2v) is 14.5. The van der Waals surface area contributed by atoms with E-state index in [2.05, 4.69) is 19.1 Å². The molecule has 0 saturated heterocycles. The number of fused-ring (bicyclic) bond motifs is 4. The lowest BCUT2D eigenvalue weighted by molar-refractivity contribution is -0.154. The summed E-state index contributed by atoms with van der Waals surface area (Å²) in [5.41, 5.74) is 5.81. The van der Waals surface area contributed by atoms with Crippen LogP contribution in [0.5, 0.6) is 0 Å². The van der Waals surface area contributed by atoms with Gasteiger partial charge in [0.1, 0.15) is 6.10 Å². The zero-order valence-electron chi connectivity index (χ0n) is 27.6. The van der Waals surface area contributed by atoms with Gasteiger partial charge in [-0.3, -0.25) is 14.4 Å². The van der Waals surface area contributed by atoms with E-state index in [1.165, 1.54) is 61.7 Å². The summed E-state index contributed by atoms with van der Waals surface area (Å²) in [5.74, 6) is 2.13.